The molecule has 0 atom stereocenters. The molecule has 120 valence electrons. The molecule has 0 saturated heterocycles. The van der Waals surface area contributed by atoms with Gasteiger partial charge in [0.25, 0.3) is 0 Å². The van der Waals surface area contributed by atoms with E-state index in [1.807, 2.05) is 24.3 Å². The van der Waals surface area contributed by atoms with Crippen LogP contribution in [0.1, 0.15) is 5.56 Å². The van der Waals surface area contributed by atoms with Gasteiger partial charge < -0.3 is 10.6 Å². The molecule has 5 nitrogen and oxygen atoms in total. The van der Waals surface area contributed by atoms with Gasteiger partial charge in [0.2, 0.25) is 0 Å². The number of nitrogens with zero attached hydrogens (tertiary/aromatic N) is 3. The Balaban J connectivity index is 1.89. The second kappa shape index (κ2) is 7.14. The maximum atomic E-state index is 5.19. The number of benzene rings is 1. The molecule has 2 aromatic heterocycles. The first-order valence-corrected chi connectivity index (χ1v) is 7.93. The van der Waals surface area contributed by atoms with Gasteiger partial charge in [-0.05, 0) is 31.3 Å². The standard InChI is InChI=1S/C18H17N5S/c1-3-10-19-18(24)23-16-9-8-14-17(22-16)21-15(11-20-14)13-6-4-12(2)5-7-13/h3-9,11H,1,10H2,2H3,(H2,19,21,22,23,24). The Morgan fingerprint density at radius 1 is 1.17 bits per heavy atom. The van der Waals surface area contributed by atoms with Crippen molar-refractivity contribution in [3.8, 4) is 11.3 Å². The highest BCUT2D eigenvalue weighted by atomic mass is 32.1. The summed E-state index contributed by atoms with van der Waals surface area (Å²) in [6.07, 6.45) is 3.50. The number of pyridine rings is 1. The first-order chi connectivity index (χ1) is 11.7. The third-order valence-corrected chi connectivity index (χ3v) is 3.65. The average molecular weight is 335 g/mol. The van der Waals surface area contributed by atoms with Crippen molar-refractivity contribution in [1.82, 2.24) is 20.3 Å². The van der Waals surface area contributed by atoms with Crippen LogP contribution in [0.4, 0.5) is 5.82 Å². The number of aryl methyl sites for hydroxylation is 1. The van der Waals surface area contributed by atoms with Gasteiger partial charge in [0, 0.05) is 12.1 Å². The quantitative estimate of drug-likeness (QED) is 0.562. The molecule has 0 aliphatic rings. The molecule has 3 aromatic rings. The summed E-state index contributed by atoms with van der Waals surface area (Å²) in [5.41, 5.74) is 4.32. The Morgan fingerprint density at radius 2 is 1.96 bits per heavy atom. The van der Waals surface area contributed by atoms with Gasteiger partial charge in [0.1, 0.15) is 11.3 Å². The molecule has 24 heavy (non-hydrogen) atoms. The van der Waals surface area contributed by atoms with E-state index in [9.17, 15) is 0 Å². The summed E-state index contributed by atoms with van der Waals surface area (Å²) in [5, 5.41) is 6.52. The summed E-state index contributed by atoms with van der Waals surface area (Å²) < 4.78 is 0. The topological polar surface area (TPSA) is 62.7 Å². The Labute approximate surface area is 145 Å². The third-order valence-electron chi connectivity index (χ3n) is 3.40. The van der Waals surface area contributed by atoms with Crippen LogP contribution in [-0.2, 0) is 0 Å². The molecule has 2 N–H and O–H groups in total. The molecule has 0 aliphatic carbocycles. The van der Waals surface area contributed by atoms with Gasteiger partial charge in [-0.1, -0.05) is 35.9 Å². The predicted molar refractivity (Wildman–Crippen MR) is 102 cm³/mol. The summed E-state index contributed by atoms with van der Waals surface area (Å²) in [6, 6.07) is 11.9. The van der Waals surface area contributed by atoms with Crippen LogP contribution in [0.15, 0.2) is 55.3 Å². The predicted octanol–water partition coefficient (Wildman–Crippen LogP) is 3.47. The van der Waals surface area contributed by atoms with Crippen molar-refractivity contribution in [2.75, 3.05) is 11.9 Å². The molecule has 6 heteroatoms. The molecular formula is C18H17N5S. The number of aromatic nitrogens is 3. The lowest BCUT2D eigenvalue weighted by Gasteiger charge is -2.09. The van der Waals surface area contributed by atoms with E-state index < -0.39 is 0 Å². The van der Waals surface area contributed by atoms with Gasteiger partial charge in [0.15, 0.2) is 10.8 Å². The molecule has 0 fully saturated rings. The van der Waals surface area contributed by atoms with Crippen LogP contribution < -0.4 is 10.6 Å². The van der Waals surface area contributed by atoms with Crippen LogP contribution in [0, 0.1) is 6.92 Å². The smallest absolute Gasteiger partial charge is 0.180 e. The second-order valence-electron chi connectivity index (χ2n) is 5.28. The molecule has 0 radical (unpaired) electrons. The third kappa shape index (κ3) is 3.72. The highest BCUT2D eigenvalue weighted by molar-refractivity contribution is 7.80. The maximum absolute atomic E-state index is 5.19. The van der Waals surface area contributed by atoms with Crippen LogP contribution >= 0.6 is 12.2 Å². The van der Waals surface area contributed by atoms with Gasteiger partial charge >= 0.3 is 0 Å². The van der Waals surface area contributed by atoms with Crippen LogP contribution in [0.25, 0.3) is 22.4 Å². The zero-order valence-electron chi connectivity index (χ0n) is 13.3. The van der Waals surface area contributed by atoms with Crippen LogP contribution in [0.5, 0.6) is 0 Å². The molecule has 0 spiro atoms. The minimum atomic E-state index is 0.490. The Bertz CT molecular complexity index is 890. The largest absolute Gasteiger partial charge is 0.359 e. The van der Waals surface area contributed by atoms with Crippen molar-refractivity contribution < 1.29 is 0 Å². The van der Waals surface area contributed by atoms with Gasteiger partial charge in [-0.3, -0.25) is 4.98 Å². The molecule has 3 rings (SSSR count). The lowest BCUT2D eigenvalue weighted by atomic mass is 10.1. The number of rotatable bonds is 4. The molecule has 1 aromatic carbocycles. The fourth-order valence-electron chi connectivity index (χ4n) is 2.16. The summed E-state index contributed by atoms with van der Waals surface area (Å²) in [7, 11) is 0. The van der Waals surface area contributed by atoms with Crippen molar-refractivity contribution in [3.05, 3.63) is 60.8 Å². The molecule has 0 aliphatic heterocycles. The van der Waals surface area contributed by atoms with E-state index in [0.717, 1.165) is 16.8 Å². The Morgan fingerprint density at radius 3 is 2.71 bits per heavy atom. The van der Waals surface area contributed by atoms with E-state index in [1.165, 1.54) is 5.56 Å². The van der Waals surface area contributed by atoms with Crippen molar-refractivity contribution >= 4 is 34.3 Å². The summed E-state index contributed by atoms with van der Waals surface area (Å²) in [4.78, 5) is 13.5. The molecule has 0 saturated carbocycles. The van der Waals surface area contributed by atoms with Crippen molar-refractivity contribution in [2.24, 2.45) is 0 Å². The normalized spacial score (nSPS) is 10.4. The monoisotopic (exact) mass is 335 g/mol. The van der Waals surface area contributed by atoms with Crippen LogP contribution in [0.3, 0.4) is 0 Å². The van der Waals surface area contributed by atoms with Gasteiger partial charge in [-0.25, -0.2) is 9.97 Å². The number of anilines is 1. The van der Waals surface area contributed by atoms with E-state index in [0.29, 0.717) is 23.1 Å². The number of hydrogen-bond acceptors (Lipinski definition) is 4. The Hall–Kier alpha value is -2.86. The minimum Gasteiger partial charge on any atom is -0.359 e. The molecule has 2 heterocycles. The van der Waals surface area contributed by atoms with Crippen LogP contribution in [0.2, 0.25) is 0 Å². The number of fused-ring (bicyclic) bond motifs is 1. The van der Waals surface area contributed by atoms with Crippen molar-refractivity contribution in [3.63, 3.8) is 0 Å². The lowest BCUT2D eigenvalue weighted by molar-refractivity contribution is 1.06. The highest BCUT2D eigenvalue weighted by Gasteiger charge is 2.06. The van der Waals surface area contributed by atoms with Gasteiger partial charge in [-0.2, -0.15) is 0 Å². The number of nitrogens with one attached hydrogen (secondary N) is 2. The summed E-state index contributed by atoms with van der Waals surface area (Å²) >= 11 is 5.19. The Kier molecular flexibility index (Phi) is 4.77. The highest BCUT2D eigenvalue weighted by Crippen LogP contribution is 2.19. The lowest BCUT2D eigenvalue weighted by Crippen LogP contribution is -2.28. The SMILES string of the molecule is C=CCNC(=S)Nc1ccc2ncc(-c3ccc(C)cc3)nc2n1. The molecule has 0 bridgehead atoms. The summed E-state index contributed by atoms with van der Waals surface area (Å²) in [5.74, 6) is 0.624. The first-order valence-electron chi connectivity index (χ1n) is 7.52. The van der Waals surface area contributed by atoms with E-state index in [-0.39, 0.29) is 0 Å². The van der Waals surface area contributed by atoms with E-state index in [2.05, 4.69) is 51.2 Å². The van der Waals surface area contributed by atoms with Crippen molar-refractivity contribution in [2.45, 2.75) is 6.92 Å². The zero-order chi connectivity index (χ0) is 16.9. The molecule has 0 unspecified atom stereocenters. The number of thiocarbonyl (C=S) groups is 1. The minimum absolute atomic E-state index is 0.490. The van der Waals surface area contributed by atoms with Crippen LogP contribution in [-0.4, -0.2) is 26.6 Å². The van der Waals surface area contributed by atoms with Gasteiger partial charge in [-0.15, -0.1) is 6.58 Å². The average Bonchev–Trinajstić information content (AvgIpc) is 2.60. The second-order valence-corrected chi connectivity index (χ2v) is 5.69. The fraction of sp³-hybridized carbons (Fsp3) is 0.111. The van der Waals surface area contributed by atoms with Crippen molar-refractivity contribution in [1.29, 1.82) is 0 Å². The van der Waals surface area contributed by atoms with Gasteiger partial charge in [0.05, 0.1) is 11.9 Å². The van der Waals surface area contributed by atoms with E-state index >= 15 is 0 Å². The van der Waals surface area contributed by atoms with E-state index in [4.69, 9.17) is 12.2 Å². The molecular weight excluding hydrogens is 318 g/mol. The summed E-state index contributed by atoms with van der Waals surface area (Å²) in [6.45, 7) is 6.29. The molecule has 0 amide bonds. The maximum Gasteiger partial charge on any atom is 0.180 e. The van der Waals surface area contributed by atoms with E-state index in [1.54, 1.807) is 12.3 Å². The first kappa shape index (κ1) is 16.0. The number of hydrogen-bond donors (Lipinski definition) is 2. The fourth-order valence-corrected chi connectivity index (χ4v) is 2.34. The zero-order valence-corrected chi connectivity index (χ0v) is 14.1.